The standard InChI is InChI=1S/C11H16BrCl2NO2S2/c1-11(2,4-3-5-12)7-15-19(16,17)8-6-9(13)18-10(8)14/h6,15H,3-5,7H2,1-2H3. The van der Waals surface area contributed by atoms with E-state index in [2.05, 4.69) is 20.7 Å². The Kier molecular flexibility index (Phi) is 6.61. The van der Waals surface area contributed by atoms with Crippen molar-refractivity contribution in [3.05, 3.63) is 14.7 Å². The van der Waals surface area contributed by atoms with E-state index >= 15 is 0 Å². The highest BCUT2D eigenvalue weighted by atomic mass is 79.9. The summed E-state index contributed by atoms with van der Waals surface area (Å²) >= 11 is 16.1. The molecule has 110 valence electrons. The van der Waals surface area contributed by atoms with E-state index in [4.69, 9.17) is 23.2 Å². The Balaban J connectivity index is 2.73. The molecule has 0 atom stereocenters. The van der Waals surface area contributed by atoms with Crippen molar-refractivity contribution in [1.29, 1.82) is 0 Å². The predicted octanol–water partition coefficient (Wildman–Crippen LogP) is 4.53. The maximum atomic E-state index is 12.1. The lowest BCUT2D eigenvalue weighted by molar-refractivity contribution is 0.332. The summed E-state index contributed by atoms with van der Waals surface area (Å²) in [4.78, 5) is 0.0560. The average Bonchev–Trinajstić information content (AvgIpc) is 2.65. The van der Waals surface area contributed by atoms with Gasteiger partial charge in [0.2, 0.25) is 10.0 Å². The molecule has 1 rings (SSSR count). The fourth-order valence-electron chi connectivity index (χ4n) is 1.51. The molecule has 8 heteroatoms. The largest absolute Gasteiger partial charge is 0.242 e. The van der Waals surface area contributed by atoms with Crippen molar-refractivity contribution in [2.24, 2.45) is 5.41 Å². The van der Waals surface area contributed by atoms with Crippen LogP contribution in [0, 0.1) is 5.41 Å². The molecular weight excluding hydrogens is 393 g/mol. The quantitative estimate of drug-likeness (QED) is 0.673. The lowest BCUT2D eigenvalue weighted by Crippen LogP contribution is -2.34. The van der Waals surface area contributed by atoms with Crippen molar-refractivity contribution in [2.75, 3.05) is 11.9 Å². The third kappa shape index (κ3) is 5.52. The van der Waals surface area contributed by atoms with Crippen LogP contribution in [0.3, 0.4) is 0 Å². The Hall–Kier alpha value is 0.670. The summed E-state index contributed by atoms with van der Waals surface area (Å²) in [5.41, 5.74) is -0.104. The molecule has 0 saturated carbocycles. The monoisotopic (exact) mass is 407 g/mol. The van der Waals surface area contributed by atoms with Crippen LogP contribution in [-0.2, 0) is 10.0 Å². The molecular formula is C11H16BrCl2NO2S2. The number of halogens is 3. The summed E-state index contributed by atoms with van der Waals surface area (Å²) in [6.45, 7) is 4.42. The third-order valence-electron chi connectivity index (χ3n) is 2.64. The van der Waals surface area contributed by atoms with Crippen LogP contribution in [-0.4, -0.2) is 20.3 Å². The second kappa shape index (κ2) is 7.09. The van der Waals surface area contributed by atoms with E-state index in [9.17, 15) is 8.42 Å². The van der Waals surface area contributed by atoms with Crippen molar-refractivity contribution >= 4 is 60.5 Å². The van der Waals surface area contributed by atoms with Crippen molar-refractivity contribution in [3.63, 3.8) is 0 Å². The predicted molar refractivity (Wildman–Crippen MR) is 86.3 cm³/mol. The van der Waals surface area contributed by atoms with Gasteiger partial charge in [-0.3, -0.25) is 0 Å². The minimum Gasteiger partial charge on any atom is -0.211 e. The van der Waals surface area contributed by atoms with Crippen LogP contribution >= 0.6 is 50.5 Å². The first kappa shape index (κ1) is 17.7. The molecule has 0 bridgehead atoms. The Labute approximate surface area is 136 Å². The fourth-order valence-corrected chi connectivity index (χ4v) is 5.18. The molecule has 0 amide bonds. The molecule has 0 radical (unpaired) electrons. The highest BCUT2D eigenvalue weighted by Gasteiger charge is 2.25. The lowest BCUT2D eigenvalue weighted by Gasteiger charge is -2.24. The van der Waals surface area contributed by atoms with Crippen LogP contribution in [0.1, 0.15) is 26.7 Å². The van der Waals surface area contributed by atoms with E-state index < -0.39 is 10.0 Å². The van der Waals surface area contributed by atoms with Crippen LogP contribution < -0.4 is 4.72 Å². The zero-order chi connectivity index (χ0) is 14.7. The molecule has 0 aliphatic carbocycles. The lowest BCUT2D eigenvalue weighted by atomic mass is 9.88. The van der Waals surface area contributed by atoms with Crippen molar-refractivity contribution < 1.29 is 8.42 Å². The second-order valence-electron chi connectivity index (χ2n) is 4.97. The molecule has 0 fully saturated rings. The molecule has 0 aliphatic heterocycles. The van der Waals surface area contributed by atoms with Gasteiger partial charge in [-0.05, 0) is 24.3 Å². The molecule has 0 saturated heterocycles. The third-order valence-corrected chi connectivity index (χ3v) is 6.36. The number of hydrogen-bond donors (Lipinski definition) is 1. The second-order valence-corrected chi connectivity index (χ2v) is 9.78. The highest BCUT2D eigenvalue weighted by Crippen LogP contribution is 2.34. The number of hydrogen-bond acceptors (Lipinski definition) is 3. The van der Waals surface area contributed by atoms with Gasteiger partial charge in [0.05, 0.1) is 4.34 Å². The first-order chi connectivity index (χ1) is 8.68. The summed E-state index contributed by atoms with van der Waals surface area (Å²) in [5.74, 6) is 0. The zero-order valence-corrected chi connectivity index (χ0v) is 15.4. The van der Waals surface area contributed by atoms with E-state index in [1.807, 2.05) is 13.8 Å². The van der Waals surface area contributed by atoms with E-state index in [-0.39, 0.29) is 14.6 Å². The maximum absolute atomic E-state index is 12.1. The van der Waals surface area contributed by atoms with Crippen LogP contribution in [0.15, 0.2) is 11.0 Å². The molecule has 1 heterocycles. The summed E-state index contributed by atoms with van der Waals surface area (Å²) < 4.78 is 27.4. The highest BCUT2D eigenvalue weighted by molar-refractivity contribution is 9.09. The number of thiophene rings is 1. The van der Waals surface area contributed by atoms with Crippen molar-refractivity contribution in [1.82, 2.24) is 4.72 Å². The number of nitrogens with one attached hydrogen (secondary N) is 1. The van der Waals surface area contributed by atoms with Crippen molar-refractivity contribution in [3.8, 4) is 0 Å². The summed E-state index contributed by atoms with van der Waals surface area (Å²) in [6, 6.07) is 1.38. The smallest absolute Gasteiger partial charge is 0.211 e. The van der Waals surface area contributed by atoms with E-state index in [0.717, 1.165) is 29.5 Å². The summed E-state index contributed by atoms with van der Waals surface area (Å²) in [6.07, 6.45) is 1.93. The molecule has 1 aromatic heterocycles. The molecule has 0 aromatic carbocycles. The first-order valence-electron chi connectivity index (χ1n) is 5.68. The maximum Gasteiger partial charge on any atom is 0.242 e. The van der Waals surface area contributed by atoms with Gasteiger partial charge in [-0.2, -0.15) is 0 Å². The Morgan fingerprint density at radius 3 is 2.53 bits per heavy atom. The van der Waals surface area contributed by atoms with E-state index in [1.165, 1.54) is 6.07 Å². The fraction of sp³-hybridized carbons (Fsp3) is 0.636. The van der Waals surface area contributed by atoms with E-state index in [0.29, 0.717) is 10.9 Å². The molecule has 1 N–H and O–H groups in total. The van der Waals surface area contributed by atoms with Gasteiger partial charge in [0.15, 0.2) is 0 Å². The minimum atomic E-state index is -3.60. The molecule has 1 aromatic rings. The number of rotatable bonds is 7. The van der Waals surface area contributed by atoms with Crippen LogP contribution in [0.5, 0.6) is 0 Å². The van der Waals surface area contributed by atoms with Gasteiger partial charge in [0.25, 0.3) is 0 Å². The Bertz CT molecular complexity index is 529. The topological polar surface area (TPSA) is 46.2 Å². The SMILES string of the molecule is CC(C)(CCCBr)CNS(=O)(=O)c1cc(Cl)sc1Cl. The minimum absolute atomic E-state index is 0.0560. The number of alkyl halides is 1. The summed E-state index contributed by atoms with van der Waals surface area (Å²) in [7, 11) is -3.60. The van der Waals surface area contributed by atoms with Gasteiger partial charge < -0.3 is 0 Å². The Morgan fingerprint density at radius 2 is 2.05 bits per heavy atom. The van der Waals surface area contributed by atoms with Crippen LogP contribution in [0.2, 0.25) is 8.67 Å². The zero-order valence-electron chi connectivity index (χ0n) is 10.7. The van der Waals surface area contributed by atoms with Gasteiger partial charge in [-0.25, -0.2) is 13.1 Å². The van der Waals surface area contributed by atoms with Gasteiger partial charge in [-0.15, -0.1) is 11.3 Å². The van der Waals surface area contributed by atoms with Gasteiger partial charge in [0.1, 0.15) is 9.23 Å². The van der Waals surface area contributed by atoms with Gasteiger partial charge >= 0.3 is 0 Å². The van der Waals surface area contributed by atoms with Gasteiger partial charge in [0, 0.05) is 11.9 Å². The van der Waals surface area contributed by atoms with Crippen molar-refractivity contribution in [2.45, 2.75) is 31.6 Å². The Morgan fingerprint density at radius 1 is 1.42 bits per heavy atom. The van der Waals surface area contributed by atoms with Gasteiger partial charge in [-0.1, -0.05) is 53.0 Å². The average molecular weight is 409 g/mol. The van der Waals surface area contributed by atoms with E-state index in [1.54, 1.807) is 0 Å². The summed E-state index contributed by atoms with van der Waals surface area (Å²) in [5, 5.41) is 0.912. The number of sulfonamides is 1. The van der Waals surface area contributed by atoms with Crippen LogP contribution in [0.4, 0.5) is 0 Å². The molecule has 19 heavy (non-hydrogen) atoms. The molecule has 0 spiro atoms. The first-order valence-corrected chi connectivity index (χ1v) is 9.86. The molecule has 3 nitrogen and oxygen atoms in total. The molecule has 0 aliphatic rings. The molecule has 0 unspecified atom stereocenters. The normalized spacial score (nSPS) is 12.9. The van der Waals surface area contributed by atoms with Crippen LogP contribution in [0.25, 0.3) is 0 Å².